The van der Waals surface area contributed by atoms with Gasteiger partial charge in [0.2, 0.25) is 0 Å². The predicted molar refractivity (Wildman–Crippen MR) is 132 cm³/mol. The number of hydrogen-bond donors (Lipinski definition) is 0. The largest absolute Gasteiger partial charge is 0.416 e. The highest BCUT2D eigenvalue weighted by atomic mass is 19.4. The molecule has 0 saturated heterocycles. The number of rotatable bonds is 7. The van der Waals surface area contributed by atoms with Crippen LogP contribution in [0.2, 0.25) is 0 Å². The number of halogens is 12. The van der Waals surface area contributed by atoms with Gasteiger partial charge in [0.15, 0.2) is 0 Å². The molecule has 0 aliphatic carbocycles. The van der Waals surface area contributed by atoms with E-state index in [0.717, 1.165) is 0 Å². The molecule has 0 radical (unpaired) electrons. The first kappa shape index (κ1) is 32.7. The van der Waals surface area contributed by atoms with E-state index in [9.17, 15) is 52.7 Å². The van der Waals surface area contributed by atoms with Crippen molar-refractivity contribution >= 4 is 22.8 Å². The first-order chi connectivity index (χ1) is 19.3. The van der Waals surface area contributed by atoms with Crippen LogP contribution in [0.5, 0.6) is 0 Å². The summed E-state index contributed by atoms with van der Waals surface area (Å²) >= 11 is 0. The second kappa shape index (κ2) is 12.2. The molecule has 0 amide bonds. The zero-order valence-corrected chi connectivity index (χ0v) is 21.4. The van der Waals surface area contributed by atoms with Crippen LogP contribution in [0.4, 0.5) is 64.1 Å². The third kappa shape index (κ3) is 8.83. The molecule has 0 N–H and O–H groups in total. The molecule has 14 heteroatoms. The molecule has 0 aliphatic rings. The quantitative estimate of drug-likeness (QED) is 0.187. The Balaban J connectivity index is 2.24. The summed E-state index contributed by atoms with van der Waals surface area (Å²) in [6.45, 7) is 1.41. The Morgan fingerprint density at radius 1 is 0.524 bits per heavy atom. The van der Waals surface area contributed by atoms with Gasteiger partial charge in [0.25, 0.3) is 0 Å². The number of alkyl halides is 12. The van der Waals surface area contributed by atoms with E-state index in [1.165, 1.54) is 6.92 Å². The van der Waals surface area contributed by atoms with Gasteiger partial charge in [-0.15, -0.1) is 0 Å². The number of aliphatic imine (C=N–C) groups is 2. The van der Waals surface area contributed by atoms with Crippen LogP contribution in [0.15, 0.2) is 76.7 Å². The predicted octanol–water partition coefficient (Wildman–Crippen LogP) is 10.6. The summed E-state index contributed by atoms with van der Waals surface area (Å²) in [5.74, 6) is 0. The Labute approximate surface area is 231 Å². The molecule has 0 spiro atoms. The molecule has 0 fully saturated rings. The Bertz CT molecular complexity index is 1380. The van der Waals surface area contributed by atoms with Crippen molar-refractivity contribution in [3.8, 4) is 0 Å². The van der Waals surface area contributed by atoms with Gasteiger partial charge < -0.3 is 0 Å². The van der Waals surface area contributed by atoms with E-state index in [1.807, 2.05) is 0 Å². The number of nitrogens with zero attached hydrogens (tertiary/aromatic N) is 2. The summed E-state index contributed by atoms with van der Waals surface area (Å²) in [4.78, 5) is 7.89. The van der Waals surface area contributed by atoms with Gasteiger partial charge in [-0.05, 0) is 61.2 Å². The van der Waals surface area contributed by atoms with Gasteiger partial charge in [-0.25, -0.2) is 0 Å². The van der Waals surface area contributed by atoms with E-state index < -0.39 is 58.3 Å². The van der Waals surface area contributed by atoms with Crippen molar-refractivity contribution in [3.63, 3.8) is 0 Å². The monoisotopic (exact) mass is 612 g/mol. The number of benzene rings is 3. The molecule has 0 aliphatic heterocycles. The number of aryl methyl sites for hydroxylation is 1. The van der Waals surface area contributed by atoms with Crippen molar-refractivity contribution < 1.29 is 52.7 Å². The maximum atomic E-state index is 13.4. The van der Waals surface area contributed by atoms with Crippen molar-refractivity contribution in [3.05, 3.63) is 94.5 Å². The van der Waals surface area contributed by atoms with E-state index in [-0.39, 0.29) is 42.8 Å². The van der Waals surface area contributed by atoms with E-state index in [4.69, 9.17) is 0 Å². The lowest BCUT2D eigenvalue weighted by Gasteiger charge is -2.15. The molecule has 3 aromatic rings. The van der Waals surface area contributed by atoms with Crippen LogP contribution in [-0.4, -0.2) is 11.4 Å². The molecule has 2 nitrogen and oxygen atoms in total. The van der Waals surface area contributed by atoms with Crippen LogP contribution in [0.1, 0.15) is 47.6 Å². The molecule has 0 aromatic heterocycles. The van der Waals surface area contributed by atoms with Gasteiger partial charge in [-0.3, -0.25) is 9.98 Å². The van der Waals surface area contributed by atoms with Crippen LogP contribution >= 0.6 is 0 Å². The Hall–Kier alpha value is -3.84. The molecule has 0 unspecified atom stereocenters. The molecule has 226 valence electrons. The molecule has 0 bridgehead atoms. The third-order valence-corrected chi connectivity index (χ3v) is 5.83. The summed E-state index contributed by atoms with van der Waals surface area (Å²) in [5, 5.41) is 0. The van der Waals surface area contributed by atoms with Gasteiger partial charge in [-0.1, -0.05) is 37.3 Å². The van der Waals surface area contributed by atoms with Crippen molar-refractivity contribution in [1.29, 1.82) is 0 Å². The van der Waals surface area contributed by atoms with Gasteiger partial charge >= 0.3 is 24.7 Å². The van der Waals surface area contributed by atoms with Crippen molar-refractivity contribution in [1.82, 2.24) is 0 Å². The Morgan fingerprint density at radius 2 is 0.881 bits per heavy atom. The van der Waals surface area contributed by atoms with Gasteiger partial charge in [0, 0.05) is 0 Å². The third-order valence-electron chi connectivity index (χ3n) is 5.83. The first-order valence-corrected chi connectivity index (χ1v) is 12.1. The van der Waals surface area contributed by atoms with Gasteiger partial charge in [0.05, 0.1) is 45.1 Å². The molecule has 3 aromatic carbocycles. The Kier molecular flexibility index (Phi) is 9.47. The first-order valence-electron chi connectivity index (χ1n) is 12.1. The summed E-state index contributed by atoms with van der Waals surface area (Å²) in [5.41, 5.74) is -7.95. The van der Waals surface area contributed by atoms with E-state index >= 15 is 0 Å². The summed E-state index contributed by atoms with van der Waals surface area (Å²) < 4.78 is 161. The lowest BCUT2D eigenvalue weighted by atomic mass is 10.0. The maximum Gasteiger partial charge on any atom is 0.416 e. The van der Waals surface area contributed by atoms with Gasteiger partial charge in [-0.2, -0.15) is 52.7 Å². The SMILES string of the molecule is CCC(=Nc1cc(C(F)(F)F)cc(C(F)(F)F)c1)C(CCc1ccccc1)=Nc1cc(C(F)(F)F)cc(C(F)(F)F)c1. The minimum absolute atomic E-state index is 0.0984. The molecular formula is C28H20F12N2. The minimum atomic E-state index is -5.18. The normalized spacial score (nSPS) is 13.9. The fraction of sp³-hybridized carbons (Fsp3) is 0.286. The summed E-state index contributed by atoms with van der Waals surface area (Å²) in [6, 6.07) is 9.55. The zero-order chi connectivity index (χ0) is 31.5. The molecule has 42 heavy (non-hydrogen) atoms. The molecule has 0 atom stereocenters. The second-order valence-corrected chi connectivity index (χ2v) is 8.98. The smallest absolute Gasteiger partial charge is 0.252 e. The average molecular weight is 612 g/mol. The maximum absolute atomic E-state index is 13.4. The van der Waals surface area contributed by atoms with Crippen molar-refractivity contribution in [2.45, 2.75) is 50.9 Å². The van der Waals surface area contributed by atoms with Crippen molar-refractivity contribution in [2.24, 2.45) is 9.98 Å². The average Bonchev–Trinajstić information content (AvgIpc) is 2.88. The lowest BCUT2D eigenvalue weighted by molar-refractivity contribution is -0.144. The lowest BCUT2D eigenvalue weighted by Crippen LogP contribution is -2.15. The standard InChI is InChI=1S/C28H20F12N2/c1-2-23(41-21-12-17(25(29,30)31)10-18(13-21)26(32,33)34)24(9-8-16-6-4-3-5-7-16)42-22-14-19(27(35,36)37)11-20(15-22)28(38,39)40/h3-7,10-15H,2,8-9H2,1H3. The van der Waals surface area contributed by atoms with Crippen LogP contribution < -0.4 is 0 Å². The number of hydrogen-bond acceptors (Lipinski definition) is 2. The van der Waals surface area contributed by atoms with Crippen LogP contribution in [0.3, 0.4) is 0 Å². The summed E-state index contributed by atoms with van der Waals surface area (Å²) in [6.07, 6.45) is -20.9. The summed E-state index contributed by atoms with van der Waals surface area (Å²) in [7, 11) is 0. The van der Waals surface area contributed by atoms with E-state index in [1.54, 1.807) is 30.3 Å². The fourth-order valence-corrected chi connectivity index (χ4v) is 3.84. The van der Waals surface area contributed by atoms with Crippen molar-refractivity contribution in [2.75, 3.05) is 0 Å². The molecular weight excluding hydrogens is 592 g/mol. The van der Waals surface area contributed by atoms with Gasteiger partial charge in [0.1, 0.15) is 0 Å². The minimum Gasteiger partial charge on any atom is -0.252 e. The molecule has 0 saturated carbocycles. The topological polar surface area (TPSA) is 24.7 Å². The molecule has 0 heterocycles. The highest BCUT2D eigenvalue weighted by Gasteiger charge is 2.38. The Morgan fingerprint density at radius 3 is 1.21 bits per heavy atom. The zero-order valence-electron chi connectivity index (χ0n) is 21.4. The van der Waals surface area contributed by atoms with E-state index in [0.29, 0.717) is 29.8 Å². The molecule has 3 rings (SSSR count). The highest BCUT2D eigenvalue weighted by molar-refractivity contribution is 6.43. The van der Waals surface area contributed by atoms with Crippen LogP contribution in [0.25, 0.3) is 0 Å². The van der Waals surface area contributed by atoms with E-state index in [2.05, 4.69) is 9.98 Å². The highest BCUT2D eigenvalue weighted by Crippen LogP contribution is 2.40. The van der Waals surface area contributed by atoms with Crippen LogP contribution in [-0.2, 0) is 31.1 Å². The second-order valence-electron chi connectivity index (χ2n) is 8.98. The fourth-order valence-electron chi connectivity index (χ4n) is 3.84. The van der Waals surface area contributed by atoms with Crippen LogP contribution in [0, 0.1) is 0 Å².